The predicted octanol–water partition coefficient (Wildman–Crippen LogP) is 0.348. The van der Waals surface area contributed by atoms with Gasteiger partial charge in [-0.05, 0) is 29.1 Å². The Morgan fingerprint density at radius 3 is 2.76 bits per heavy atom. The fraction of sp³-hybridized carbons (Fsp3) is 0.0769. The number of hydrogen-bond acceptors (Lipinski definition) is 3. The first-order chi connectivity index (χ1) is 8.15. The summed E-state index contributed by atoms with van der Waals surface area (Å²) in [5.74, 6) is 0. The Labute approximate surface area is 104 Å². The molecule has 2 aromatic rings. The zero-order valence-electron chi connectivity index (χ0n) is 9.55. The van der Waals surface area contributed by atoms with Crippen LogP contribution in [0.1, 0.15) is 6.92 Å². The average molecular weight is 244 g/mol. The summed E-state index contributed by atoms with van der Waals surface area (Å²) in [6.45, 7) is 6.00. The van der Waals surface area contributed by atoms with Gasteiger partial charge in [-0.25, -0.2) is 0 Å². The number of benzene rings is 1. The van der Waals surface area contributed by atoms with Gasteiger partial charge in [0.1, 0.15) is 0 Å². The van der Waals surface area contributed by atoms with E-state index >= 15 is 0 Å². The van der Waals surface area contributed by atoms with E-state index in [-0.39, 0.29) is 0 Å². The van der Waals surface area contributed by atoms with E-state index in [0.29, 0.717) is 5.46 Å². The SMILES string of the molecule is C=c1/c(=C\C=C/C)sc2c(B(O)O)cccc12. The molecule has 0 spiro atoms. The molecule has 0 fully saturated rings. The molecule has 0 aliphatic carbocycles. The monoisotopic (exact) mass is 244 g/mol. The molecule has 0 saturated carbocycles. The summed E-state index contributed by atoms with van der Waals surface area (Å²) in [5, 5.41) is 20.5. The Kier molecular flexibility index (Phi) is 3.47. The number of thiophene rings is 1. The third-order valence-corrected chi connectivity index (χ3v) is 3.86. The first-order valence-corrected chi connectivity index (χ1v) is 6.16. The lowest BCUT2D eigenvalue weighted by Gasteiger charge is -1.99. The topological polar surface area (TPSA) is 40.5 Å². The van der Waals surface area contributed by atoms with Gasteiger partial charge in [0, 0.05) is 9.23 Å². The predicted molar refractivity (Wildman–Crippen MR) is 75.7 cm³/mol. The second-order valence-electron chi connectivity index (χ2n) is 3.73. The largest absolute Gasteiger partial charge is 0.489 e. The van der Waals surface area contributed by atoms with Crippen LogP contribution >= 0.6 is 11.3 Å². The summed E-state index contributed by atoms with van der Waals surface area (Å²) in [6, 6.07) is 5.49. The van der Waals surface area contributed by atoms with Gasteiger partial charge in [-0.1, -0.05) is 36.9 Å². The zero-order valence-corrected chi connectivity index (χ0v) is 10.4. The molecular weight excluding hydrogens is 231 g/mol. The lowest BCUT2D eigenvalue weighted by molar-refractivity contribution is 0.426. The molecule has 2 nitrogen and oxygen atoms in total. The smallest absolute Gasteiger partial charge is 0.423 e. The van der Waals surface area contributed by atoms with Crippen molar-refractivity contribution in [2.24, 2.45) is 0 Å². The van der Waals surface area contributed by atoms with Gasteiger partial charge in [0.2, 0.25) is 0 Å². The molecule has 1 heterocycles. The molecule has 0 aliphatic rings. The van der Waals surface area contributed by atoms with E-state index < -0.39 is 7.12 Å². The van der Waals surface area contributed by atoms with Crippen molar-refractivity contribution < 1.29 is 10.0 Å². The van der Waals surface area contributed by atoms with Crippen LogP contribution in [-0.4, -0.2) is 17.2 Å². The van der Waals surface area contributed by atoms with Gasteiger partial charge in [0.25, 0.3) is 0 Å². The van der Waals surface area contributed by atoms with Crippen molar-refractivity contribution in [1.29, 1.82) is 0 Å². The summed E-state index contributed by atoms with van der Waals surface area (Å²) in [4.78, 5) is 0. The molecule has 0 atom stereocenters. The Morgan fingerprint density at radius 1 is 1.35 bits per heavy atom. The van der Waals surface area contributed by atoms with Crippen molar-refractivity contribution in [2.45, 2.75) is 6.92 Å². The fourth-order valence-electron chi connectivity index (χ4n) is 1.73. The number of hydrogen-bond donors (Lipinski definition) is 2. The molecule has 1 aromatic carbocycles. The van der Waals surface area contributed by atoms with E-state index in [2.05, 4.69) is 6.58 Å². The summed E-state index contributed by atoms with van der Waals surface area (Å²) in [7, 11) is -1.44. The number of fused-ring (bicyclic) bond motifs is 1. The standard InChI is InChI=1S/C13H13BO2S/c1-3-4-8-12-9(2)10-6-5-7-11(14(15)16)13(10)17-12/h3-8,15-16H,2H2,1H3/b4-3-,12-8+. The van der Waals surface area contributed by atoms with Crippen molar-refractivity contribution >= 4 is 46.7 Å². The molecule has 0 unspecified atom stereocenters. The van der Waals surface area contributed by atoms with Crippen molar-refractivity contribution in [3.05, 3.63) is 40.1 Å². The molecule has 2 rings (SSSR count). The minimum atomic E-state index is -1.44. The second kappa shape index (κ2) is 4.88. The van der Waals surface area contributed by atoms with Crippen LogP contribution in [0.25, 0.3) is 22.7 Å². The number of allylic oxidation sites excluding steroid dienone is 2. The van der Waals surface area contributed by atoms with Crippen LogP contribution in [0.2, 0.25) is 0 Å². The van der Waals surface area contributed by atoms with Crippen LogP contribution in [0.3, 0.4) is 0 Å². The highest BCUT2D eigenvalue weighted by molar-refractivity contribution is 7.18. The van der Waals surface area contributed by atoms with Crippen molar-refractivity contribution in [3.8, 4) is 0 Å². The normalized spacial score (nSPS) is 12.8. The van der Waals surface area contributed by atoms with Crippen molar-refractivity contribution in [1.82, 2.24) is 0 Å². The molecule has 0 radical (unpaired) electrons. The van der Waals surface area contributed by atoms with E-state index in [1.165, 1.54) is 11.3 Å². The van der Waals surface area contributed by atoms with E-state index in [1.54, 1.807) is 6.07 Å². The van der Waals surface area contributed by atoms with Gasteiger partial charge in [-0.15, -0.1) is 11.3 Å². The van der Waals surface area contributed by atoms with Crippen molar-refractivity contribution in [2.75, 3.05) is 0 Å². The fourth-order valence-corrected chi connectivity index (χ4v) is 2.92. The Morgan fingerprint density at radius 2 is 2.12 bits per heavy atom. The second-order valence-corrected chi connectivity index (χ2v) is 4.79. The van der Waals surface area contributed by atoms with Crippen LogP contribution in [0.5, 0.6) is 0 Å². The molecule has 0 bridgehead atoms. The Hall–Kier alpha value is -1.36. The molecule has 17 heavy (non-hydrogen) atoms. The molecule has 2 N–H and O–H groups in total. The zero-order chi connectivity index (χ0) is 12.4. The van der Waals surface area contributed by atoms with Gasteiger partial charge < -0.3 is 10.0 Å². The van der Waals surface area contributed by atoms with Gasteiger partial charge in [-0.3, -0.25) is 0 Å². The highest BCUT2D eigenvalue weighted by Crippen LogP contribution is 2.10. The lowest BCUT2D eigenvalue weighted by atomic mass is 9.80. The van der Waals surface area contributed by atoms with Crippen LogP contribution < -0.4 is 15.2 Å². The quantitative estimate of drug-likeness (QED) is 0.748. The van der Waals surface area contributed by atoms with E-state index in [1.807, 2.05) is 37.3 Å². The lowest BCUT2D eigenvalue weighted by Crippen LogP contribution is -2.29. The number of rotatable bonds is 2. The molecule has 86 valence electrons. The van der Waals surface area contributed by atoms with Crippen LogP contribution in [0.4, 0.5) is 0 Å². The third kappa shape index (κ3) is 2.20. The summed E-state index contributed by atoms with van der Waals surface area (Å²) in [6.07, 6.45) is 5.89. The Bertz CT molecular complexity index is 671. The maximum Gasteiger partial charge on any atom is 0.489 e. The van der Waals surface area contributed by atoms with E-state index in [4.69, 9.17) is 0 Å². The van der Waals surface area contributed by atoms with Gasteiger partial charge in [0.15, 0.2) is 0 Å². The molecule has 4 heteroatoms. The molecule has 0 saturated heterocycles. The van der Waals surface area contributed by atoms with Crippen molar-refractivity contribution in [3.63, 3.8) is 0 Å². The highest BCUT2D eigenvalue weighted by Gasteiger charge is 2.15. The van der Waals surface area contributed by atoms with Gasteiger partial charge >= 0.3 is 7.12 Å². The van der Waals surface area contributed by atoms with Gasteiger partial charge in [-0.2, -0.15) is 0 Å². The molecule has 0 amide bonds. The first-order valence-electron chi connectivity index (χ1n) is 5.34. The minimum Gasteiger partial charge on any atom is -0.423 e. The first kappa shape index (κ1) is 12.1. The van der Waals surface area contributed by atoms with Gasteiger partial charge in [0.05, 0.1) is 0 Å². The summed E-state index contributed by atoms with van der Waals surface area (Å²) < 4.78 is 1.94. The van der Waals surface area contributed by atoms with Crippen LogP contribution in [0, 0.1) is 0 Å². The maximum absolute atomic E-state index is 9.32. The van der Waals surface area contributed by atoms with Crippen LogP contribution in [0.15, 0.2) is 30.4 Å². The maximum atomic E-state index is 9.32. The average Bonchev–Trinajstić information content (AvgIpc) is 2.63. The van der Waals surface area contributed by atoms with Crippen LogP contribution in [-0.2, 0) is 0 Å². The molecule has 0 aliphatic heterocycles. The molecule has 1 aromatic heterocycles. The summed E-state index contributed by atoms with van der Waals surface area (Å²) >= 11 is 1.53. The summed E-state index contributed by atoms with van der Waals surface area (Å²) in [5.41, 5.74) is 0.539. The molecular formula is C13H13BO2S. The minimum absolute atomic E-state index is 0.539. The Balaban J connectivity index is 2.82. The third-order valence-electron chi connectivity index (χ3n) is 2.60. The van der Waals surface area contributed by atoms with E-state index in [9.17, 15) is 10.0 Å². The highest BCUT2D eigenvalue weighted by atomic mass is 32.1. The van der Waals surface area contributed by atoms with E-state index in [0.717, 1.165) is 19.8 Å².